The minimum atomic E-state index is -0.560. The van der Waals surface area contributed by atoms with Crippen molar-refractivity contribution in [2.75, 3.05) is 0 Å². The monoisotopic (exact) mass is 523 g/mol. The van der Waals surface area contributed by atoms with E-state index in [2.05, 4.69) is 20.8 Å². The van der Waals surface area contributed by atoms with Crippen LogP contribution in [0.4, 0.5) is 0 Å². The zero-order chi connectivity index (χ0) is 27.5. The molecule has 2 heteroatoms. The Labute approximate surface area is 234 Å². The summed E-state index contributed by atoms with van der Waals surface area (Å²) < 4.78 is 0. The van der Waals surface area contributed by atoms with Crippen LogP contribution in [0.3, 0.4) is 0 Å². The number of hydrogen-bond acceptors (Lipinski definition) is 1. The average molecular weight is 523 g/mol. The minimum Gasteiger partial charge on any atom is -0.481 e. The molecule has 0 radical (unpaired) electrons. The van der Waals surface area contributed by atoms with E-state index in [1.807, 2.05) is 6.92 Å². The zero-order valence-electron chi connectivity index (χ0n) is 26.2. The maximum absolute atomic E-state index is 12.2. The maximum atomic E-state index is 12.2. The molecule has 0 bridgehead atoms. The van der Waals surface area contributed by atoms with Crippen molar-refractivity contribution in [3.63, 3.8) is 0 Å². The first-order valence-corrected chi connectivity index (χ1v) is 17.2. The summed E-state index contributed by atoms with van der Waals surface area (Å²) in [6.07, 6.45) is 36.6. The van der Waals surface area contributed by atoms with E-state index in [-0.39, 0.29) is 0 Å². The quantitative estimate of drug-likeness (QED) is 0.0952. The van der Waals surface area contributed by atoms with Crippen LogP contribution in [0.1, 0.15) is 207 Å². The first kappa shape index (κ1) is 36.5. The highest BCUT2D eigenvalue weighted by Crippen LogP contribution is 2.36. The van der Waals surface area contributed by atoms with E-state index in [1.165, 1.54) is 148 Å². The van der Waals surface area contributed by atoms with Gasteiger partial charge in [0.2, 0.25) is 0 Å². The van der Waals surface area contributed by atoms with Crippen LogP contribution in [0.25, 0.3) is 0 Å². The Balaban J connectivity index is 4.27. The van der Waals surface area contributed by atoms with Gasteiger partial charge in [-0.05, 0) is 25.7 Å². The molecule has 0 amide bonds. The van der Waals surface area contributed by atoms with Crippen LogP contribution in [0, 0.1) is 11.3 Å². The van der Waals surface area contributed by atoms with Crippen LogP contribution in [-0.4, -0.2) is 11.1 Å². The third kappa shape index (κ3) is 23.1. The highest BCUT2D eigenvalue weighted by atomic mass is 16.4. The van der Waals surface area contributed by atoms with Gasteiger partial charge in [-0.15, -0.1) is 0 Å². The number of unbranched alkanes of at least 4 members (excludes halogenated alkanes) is 21. The normalized spacial score (nSPS) is 14.1. The second kappa shape index (κ2) is 27.1. The molecule has 2 atom stereocenters. The molecule has 0 saturated carbocycles. The molecule has 0 aromatic heterocycles. The van der Waals surface area contributed by atoms with Gasteiger partial charge in [-0.3, -0.25) is 4.79 Å². The van der Waals surface area contributed by atoms with Crippen molar-refractivity contribution < 1.29 is 9.90 Å². The second-order valence-corrected chi connectivity index (χ2v) is 12.7. The molecule has 0 aliphatic rings. The van der Waals surface area contributed by atoms with E-state index in [9.17, 15) is 9.90 Å². The summed E-state index contributed by atoms with van der Waals surface area (Å²) in [4.78, 5) is 12.2. The first-order valence-electron chi connectivity index (χ1n) is 17.2. The zero-order valence-corrected chi connectivity index (χ0v) is 26.2. The van der Waals surface area contributed by atoms with Crippen LogP contribution in [0.15, 0.2) is 0 Å². The van der Waals surface area contributed by atoms with Gasteiger partial charge >= 0.3 is 5.97 Å². The maximum Gasteiger partial charge on any atom is 0.309 e. The molecule has 222 valence electrons. The Bertz CT molecular complexity index is 474. The molecule has 0 rings (SSSR count). The smallest absolute Gasteiger partial charge is 0.309 e. The third-order valence-corrected chi connectivity index (χ3v) is 8.77. The molecule has 0 spiro atoms. The number of hydrogen-bond donors (Lipinski definition) is 1. The first-order chi connectivity index (χ1) is 18.0. The molecule has 0 aromatic rings. The Hall–Kier alpha value is -0.530. The van der Waals surface area contributed by atoms with Gasteiger partial charge in [0.1, 0.15) is 0 Å². The van der Waals surface area contributed by atoms with Gasteiger partial charge in [0, 0.05) is 0 Å². The molecule has 37 heavy (non-hydrogen) atoms. The predicted octanol–water partition coefficient (Wildman–Crippen LogP) is 12.7. The van der Waals surface area contributed by atoms with Gasteiger partial charge in [-0.1, -0.05) is 188 Å². The van der Waals surface area contributed by atoms with Gasteiger partial charge in [0.25, 0.3) is 0 Å². The molecule has 2 unspecified atom stereocenters. The van der Waals surface area contributed by atoms with E-state index >= 15 is 0 Å². The lowest BCUT2D eigenvalue weighted by atomic mass is 9.74. The number of rotatable bonds is 30. The predicted molar refractivity (Wildman–Crippen MR) is 166 cm³/mol. The van der Waals surface area contributed by atoms with Crippen molar-refractivity contribution >= 4 is 5.97 Å². The molecular formula is C35H70O2. The van der Waals surface area contributed by atoms with Gasteiger partial charge < -0.3 is 5.11 Å². The Morgan fingerprint density at radius 3 is 1.14 bits per heavy atom. The molecule has 0 saturated heterocycles. The number of carbonyl (C=O) groups is 1. The van der Waals surface area contributed by atoms with Crippen molar-refractivity contribution in [2.24, 2.45) is 11.3 Å². The Morgan fingerprint density at radius 2 is 0.811 bits per heavy atom. The summed E-state index contributed by atoms with van der Waals surface area (Å²) in [5.74, 6) is 0.0328. The SMILES string of the molecule is CCCCCCCCCCCCCCCC(CCCCCCCCCC)CC(C)(CCCCC)C(=O)O. The van der Waals surface area contributed by atoms with Gasteiger partial charge in [-0.2, -0.15) is 0 Å². The molecular weight excluding hydrogens is 452 g/mol. The fraction of sp³-hybridized carbons (Fsp3) is 0.971. The molecule has 1 N–H and O–H groups in total. The lowest BCUT2D eigenvalue weighted by Gasteiger charge is -2.30. The van der Waals surface area contributed by atoms with Crippen LogP contribution in [0.2, 0.25) is 0 Å². The minimum absolute atomic E-state index is 0.531. The molecule has 2 nitrogen and oxygen atoms in total. The van der Waals surface area contributed by atoms with Crippen molar-refractivity contribution in [1.82, 2.24) is 0 Å². The van der Waals surface area contributed by atoms with Crippen molar-refractivity contribution in [1.29, 1.82) is 0 Å². The molecule has 0 heterocycles. The van der Waals surface area contributed by atoms with E-state index < -0.39 is 11.4 Å². The summed E-state index contributed by atoms with van der Waals surface area (Å²) in [5, 5.41) is 10.1. The highest BCUT2D eigenvalue weighted by Gasteiger charge is 2.34. The van der Waals surface area contributed by atoms with Crippen LogP contribution in [0.5, 0.6) is 0 Å². The van der Waals surface area contributed by atoms with E-state index in [0.717, 1.165) is 32.1 Å². The lowest BCUT2D eigenvalue weighted by molar-refractivity contribution is -0.149. The summed E-state index contributed by atoms with van der Waals surface area (Å²) in [5.41, 5.74) is -0.531. The van der Waals surface area contributed by atoms with E-state index in [4.69, 9.17) is 0 Å². The van der Waals surface area contributed by atoms with Crippen LogP contribution in [-0.2, 0) is 4.79 Å². The third-order valence-electron chi connectivity index (χ3n) is 8.77. The van der Waals surface area contributed by atoms with E-state index in [0.29, 0.717) is 5.92 Å². The summed E-state index contributed by atoms with van der Waals surface area (Å²) in [6.45, 7) is 8.82. The van der Waals surface area contributed by atoms with Gasteiger partial charge in [0.15, 0.2) is 0 Å². The standard InChI is InChI=1S/C35H70O2/c1-5-8-11-13-15-17-18-19-20-21-23-25-27-30-33(29-26-24-22-16-14-12-9-6-2)32-35(4,34(36)37)31-28-10-7-3/h33H,5-32H2,1-4H3,(H,36,37). The largest absolute Gasteiger partial charge is 0.481 e. The number of aliphatic carboxylic acids is 1. The summed E-state index contributed by atoms with van der Waals surface area (Å²) in [6, 6.07) is 0. The molecule has 0 fully saturated rings. The van der Waals surface area contributed by atoms with Gasteiger partial charge in [0.05, 0.1) is 5.41 Å². The van der Waals surface area contributed by atoms with Crippen molar-refractivity contribution in [2.45, 2.75) is 207 Å². The van der Waals surface area contributed by atoms with Crippen molar-refractivity contribution in [3.8, 4) is 0 Å². The highest BCUT2D eigenvalue weighted by molar-refractivity contribution is 5.74. The average Bonchev–Trinajstić information content (AvgIpc) is 2.88. The van der Waals surface area contributed by atoms with Gasteiger partial charge in [-0.25, -0.2) is 0 Å². The molecule has 0 aromatic carbocycles. The summed E-state index contributed by atoms with van der Waals surface area (Å²) in [7, 11) is 0. The lowest BCUT2D eigenvalue weighted by Crippen LogP contribution is -2.30. The summed E-state index contributed by atoms with van der Waals surface area (Å²) >= 11 is 0. The fourth-order valence-corrected chi connectivity index (χ4v) is 6.06. The number of carboxylic acid groups (broad SMARTS) is 1. The molecule has 0 aliphatic heterocycles. The van der Waals surface area contributed by atoms with E-state index in [1.54, 1.807) is 0 Å². The second-order valence-electron chi connectivity index (χ2n) is 12.7. The Kier molecular flexibility index (Phi) is 26.7. The van der Waals surface area contributed by atoms with Crippen LogP contribution >= 0.6 is 0 Å². The van der Waals surface area contributed by atoms with Crippen LogP contribution < -0.4 is 0 Å². The van der Waals surface area contributed by atoms with Crippen molar-refractivity contribution in [3.05, 3.63) is 0 Å². The topological polar surface area (TPSA) is 37.3 Å². The Morgan fingerprint density at radius 1 is 0.514 bits per heavy atom. The fourth-order valence-electron chi connectivity index (χ4n) is 6.06. The molecule has 0 aliphatic carbocycles. The number of carboxylic acids is 1.